The molecule has 0 amide bonds. The average molecular weight is 263 g/mol. The highest BCUT2D eigenvalue weighted by atomic mass is 32.2. The number of hydrogen-bond donors (Lipinski definition) is 1. The lowest BCUT2D eigenvalue weighted by Gasteiger charge is -2.13. The summed E-state index contributed by atoms with van der Waals surface area (Å²) in [5, 5.41) is 2.75. The van der Waals surface area contributed by atoms with Crippen LogP contribution in [0.3, 0.4) is 0 Å². The van der Waals surface area contributed by atoms with E-state index in [9.17, 15) is 21.6 Å². The lowest BCUT2D eigenvalue weighted by molar-refractivity contribution is -0.173. The molecule has 4 nitrogen and oxygen atoms in total. The highest BCUT2D eigenvalue weighted by molar-refractivity contribution is 7.90. The summed E-state index contributed by atoms with van der Waals surface area (Å²) in [6, 6.07) is -0.301. The van der Waals surface area contributed by atoms with Crippen LogP contribution in [0.4, 0.5) is 13.2 Å². The van der Waals surface area contributed by atoms with Crippen molar-refractivity contribution in [3.05, 3.63) is 0 Å². The number of hydrogen-bond acceptors (Lipinski definition) is 4. The van der Waals surface area contributed by atoms with E-state index < -0.39 is 22.6 Å². The van der Waals surface area contributed by atoms with Crippen molar-refractivity contribution in [3.63, 3.8) is 0 Å². The molecule has 98 valence electrons. The molecule has 0 aromatic rings. The molecule has 0 aromatic heterocycles. The topological polar surface area (TPSA) is 55.4 Å². The second-order valence-corrected chi connectivity index (χ2v) is 5.80. The Kier molecular flexibility index (Phi) is 6.27. The van der Waals surface area contributed by atoms with E-state index in [-0.39, 0.29) is 24.9 Å². The number of sulfone groups is 1. The van der Waals surface area contributed by atoms with E-state index in [4.69, 9.17) is 0 Å². The molecule has 0 spiro atoms. The zero-order chi connectivity index (χ0) is 12.8. The van der Waals surface area contributed by atoms with Crippen LogP contribution < -0.4 is 5.32 Å². The molecule has 0 heterocycles. The minimum absolute atomic E-state index is 0.0493. The molecular formula is C8H16F3NO3S. The van der Waals surface area contributed by atoms with E-state index in [0.29, 0.717) is 0 Å². The van der Waals surface area contributed by atoms with E-state index in [1.54, 1.807) is 6.92 Å². The maximum Gasteiger partial charge on any atom is 0.411 e. The molecule has 0 aliphatic carbocycles. The van der Waals surface area contributed by atoms with Crippen LogP contribution >= 0.6 is 0 Å². The molecule has 1 N–H and O–H groups in total. The van der Waals surface area contributed by atoms with E-state index in [1.807, 2.05) is 0 Å². The highest BCUT2D eigenvalue weighted by Crippen LogP contribution is 2.13. The van der Waals surface area contributed by atoms with Crippen LogP contribution in [0.1, 0.15) is 6.92 Å². The molecule has 1 unspecified atom stereocenters. The largest absolute Gasteiger partial charge is 0.411 e. The van der Waals surface area contributed by atoms with Crippen LogP contribution in [0, 0.1) is 0 Å². The Labute approximate surface area is 93.1 Å². The fourth-order valence-corrected chi connectivity index (χ4v) is 2.10. The molecule has 0 aromatic carbocycles. The van der Waals surface area contributed by atoms with Crippen molar-refractivity contribution in [2.75, 3.05) is 31.8 Å². The first kappa shape index (κ1) is 15.7. The molecule has 8 heteroatoms. The second kappa shape index (κ2) is 6.41. The number of rotatable bonds is 7. The van der Waals surface area contributed by atoms with Crippen molar-refractivity contribution in [1.29, 1.82) is 0 Å². The summed E-state index contributed by atoms with van der Waals surface area (Å²) in [5.41, 5.74) is 0. The first-order valence-electron chi connectivity index (χ1n) is 4.66. The summed E-state index contributed by atoms with van der Waals surface area (Å²) >= 11 is 0. The van der Waals surface area contributed by atoms with Crippen LogP contribution in [0.15, 0.2) is 0 Å². The van der Waals surface area contributed by atoms with Gasteiger partial charge >= 0.3 is 6.18 Å². The van der Waals surface area contributed by atoms with Crippen molar-refractivity contribution in [1.82, 2.24) is 5.32 Å². The lowest BCUT2D eigenvalue weighted by atomic mass is 10.4. The molecule has 0 saturated heterocycles. The van der Waals surface area contributed by atoms with Gasteiger partial charge in [-0.15, -0.1) is 0 Å². The monoisotopic (exact) mass is 263 g/mol. The minimum Gasteiger partial charge on any atom is -0.371 e. The quantitative estimate of drug-likeness (QED) is 0.683. The third-order valence-electron chi connectivity index (χ3n) is 1.56. The molecular weight excluding hydrogens is 247 g/mol. The number of ether oxygens (including phenoxy) is 1. The van der Waals surface area contributed by atoms with Gasteiger partial charge in [-0.3, -0.25) is 0 Å². The Morgan fingerprint density at radius 2 is 1.94 bits per heavy atom. The molecule has 16 heavy (non-hydrogen) atoms. The molecule has 0 fully saturated rings. The third-order valence-corrected chi connectivity index (χ3v) is 2.66. The minimum atomic E-state index is -4.32. The molecule has 0 radical (unpaired) electrons. The van der Waals surface area contributed by atoms with E-state index in [2.05, 4.69) is 10.1 Å². The lowest BCUT2D eigenvalue weighted by Crippen LogP contribution is -2.35. The van der Waals surface area contributed by atoms with Gasteiger partial charge in [0.2, 0.25) is 0 Å². The Hall–Kier alpha value is -0.340. The predicted molar refractivity (Wildman–Crippen MR) is 54.0 cm³/mol. The number of alkyl halides is 3. The SMILES string of the molecule is CC(CS(C)(=O)=O)NCCOCC(F)(F)F. The standard InChI is InChI=1S/C8H16F3NO3S/c1-7(5-16(2,13)14)12-3-4-15-6-8(9,10)11/h7,12H,3-6H2,1-2H3. The molecule has 0 rings (SSSR count). The number of nitrogens with one attached hydrogen (secondary N) is 1. The van der Waals surface area contributed by atoms with Crippen LogP contribution in [-0.4, -0.2) is 52.4 Å². The van der Waals surface area contributed by atoms with Gasteiger partial charge in [-0.05, 0) is 6.92 Å². The van der Waals surface area contributed by atoms with Crippen LogP contribution in [0.5, 0.6) is 0 Å². The van der Waals surface area contributed by atoms with Gasteiger partial charge in [0.15, 0.2) is 0 Å². The number of halogens is 3. The Bertz CT molecular complexity index is 289. The predicted octanol–water partition coefficient (Wildman–Crippen LogP) is 0.588. The Morgan fingerprint density at radius 1 is 1.38 bits per heavy atom. The highest BCUT2D eigenvalue weighted by Gasteiger charge is 2.27. The van der Waals surface area contributed by atoms with E-state index in [1.165, 1.54) is 0 Å². The smallest absolute Gasteiger partial charge is 0.371 e. The van der Waals surface area contributed by atoms with E-state index in [0.717, 1.165) is 6.26 Å². The van der Waals surface area contributed by atoms with Gasteiger partial charge in [0.25, 0.3) is 0 Å². The summed E-state index contributed by atoms with van der Waals surface area (Å²) in [6.45, 7) is 0.445. The van der Waals surface area contributed by atoms with Gasteiger partial charge in [0.05, 0.1) is 12.4 Å². The van der Waals surface area contributed by atoms with Gasteiger partial charge in [-0.1, -0.05) is 0 Å². The summed E-state index contributed by atoms with van der Waals surface area (Å²) in [4.78, 5) is 0. The van der Waals surface area contributed by atoms with Crippen LogP contribution in [0.25, 0.3) is 0 Å². The molecule has 0 aliphatic rings. The van der Waals surface area contributed by atoms with Crippen molar-refractivity contribution >= 4 is 9.84 Å². The summed E-state index contributed by atoms with van der Waals surface area (Å²) < 4.78 is 60.9. The van der Waals surface area contributed by atoms with Gasteiger partial charge in [-0.25, -0.2) is 8.42 Å². The van der Waals surface area contributed by atoms with Crippen molar-refractivity contribution in [2.45, 2.75) is 19.1 Å². The third kappa shape index (κ3) is 11.7. The van der Waals surface area contributed by atoms with Gasteiger partial charge in [-0.2, -0.15) is 13.2 Å². The summed E-state index contributed by atoms with van der Waals surface area (Å²) in [6.07, 6.45) is -3.22. The first-order valence-corrected chi connectivity index (χ1v) is 6.72. The summed E-state index contributed by atoms with van der Waals surface area (Å²) in [5.74, 6) is -0.0493. The van der Waals surface area contributed by atoms with Gasteiger partial charge in [0.1, 0.15) is 16.4 Å². The first-order chi connectivity index (χ1) is 7.10. The van der Waals surface area contributed by atoms with Crippen molar-refractivity contribution in [3.8, 4) is 0 Å². The Morgan fingerprint density at radius 3 is 2.38 bits per heavy atom. The van der Waals surface area contributed by atoms with Gasteiger partial charge < -0.3 is 10.1 Å². The maximum absolute atomic E-state index is 11.6. The zero-order valence-electron chi connectivity index (χ0n) is 9.17. The van der Waals surface area contributed by atoms with Crippen LogP contribution in [-0.2, 0) is 14.6 Å². The molecule has 0 saturated carbocycles. The van der Waals surface area contributed by atoms with Crippen molar-refractivity contribution < 1.29 is 26.3 Å². The molecule has 0 aliphatic heterocycles. The normalized spacial score (nSPS) is 15.1. The fraction of sp³-hybridized carbons (Fsp3) is 1.00. The fourth-order valence-electron chi connectivity index (χ4n) is 1.08. The maximum atomic E-state index is 11.6. The molecule has 0 bridgehead atoms. The second-order valence-electron chi connectivity index (χ2n) is 3.62. The van der Waals surface area contributed by atoms with Crippen LogP contribution in [0.2, 0.25) is 0 Å². The summed E-state index contributed by atoms with van der Waals surface area (Å²) in [7, 11) is -3.07. The van der Waals surface area contributed by atoms with Gasteiger partial charge in [0, 0.05) is 18.8 Å². The van der Waals surface area contributed by atoms with Crippen molar-refractivity contribution in [2.24, 2.45) is 0 Å². The zero-order valence-corrected chi connectivity index (χ0v) is 9.99. The molecule has 1 atom stereocenters. The van der Waals surface area contributed by atoms with E-state index >= 15 is 0 Å². The average Bonchev–Trinajstić information content (AvgIpc) is 1.97. The Balaban J connectivity index is 3.53.